The first-order valence-electron chi connectivity index (χ1n) is 6.46. The first-order valence-corrected chi connectivity index (χ1v) is 6.46. The smallest absolute Gasteiger partial charge is 0.492 e. The van der Waals surface area contributed by atoms with Gasteiger partial charge in [0.15, 0.2) is 0 Å². The Bertz CT molecular complexity index is 614. The lowest BCUT2D eigenvalue weighted by Crippen LogP contribution is -2.32. The molecule has 0 spiro atoms. The van der Waals surface area contributed by atoms with Gasteiger partial charge in [-0.3, -0.25) is 0 Å². The second kappa shape index (κ2) is 6.36. The first-order chi connectivity index (χ1) is 9.88. The van der Waals surface area contributed by atoms with Gasteiger partial charge < -0.3 is 14.8 Å². The number of benzene rings is 2. The summed E-state index contributed by atoms with van der Waals surface area (Å²) < 4.78 is 41.5. The van der Waals surface area contributed by atoms with Gasteiger partial charge in [-0.15, -0.1) is 0 Å². The molecule has 2 aromatic carbocycles. The van der Waals surface area contributed by atoms with Crippen molar-refractivity contribution in [2.75, 3.05) is 6.61 Å². The molecule has 7 heteroatoms. The largest absolute Gasteiger partial charge is 0.494 e. The second-order valence-electron chi connectivity index (χ2n) is 4.64. The number of rotatable bonds is 5. The SMILES string of the molecule is OB(O)c1c(OCCCC(F)(F)F)ccc2ccccc12. The van der Waals surface area contributed by atoms with Gasteiger partial charge in [0, 0.05) is 11.9 Å². The number of hydrogen-bond acceptors (Lipinski definition) is 3. The van der Waals surface area contributed by atoms with Gasteiger partial charge in [-0.05, 0) is 23.3 Å². The Hall–Kier alpha value is -1.73. The third kappa shape index (κ3) is 4.12. The van der Waals surface area contributed by atoms with Crippen LogP contribution in [0.1, 0.15) is 12.8 Å². The number of hydrogen-bond donors (Lipinski definition) is 2. The fraction of sp³-hybridized carbons (Fsp3) is 0.286. The van der Waals surface area contributed by atoms with Crippen molar-refractivity contribution >= 4 is 23.4 Å². The molecule has 3 nitrogen and oxygen atoms in total. The van der Waals surface area contributed by atoms with E-state index < -0.39 is 19.7 Å². The predicted octanol–water partition coefficient (Wildman–Crippen LogP) is 2.24. The molecule has 2 aromatic rings. The zero-order chi connectivity index (χ0) is 15.5. The molecule has 0 aliphatic heterocycles. The fourth-order valence-corrected chi connectivity index (χ4v) is 2.12. The highest BCUT2D eigenvalue weighted by molar-refractivity contribution is 6.63. The number of alkyl halides is 3. The lowest BCUT2D eigenvalue weighted by molar-refractivity contribution is -0.136. The average Bonchev–Trinajstić information content (AvgIpc) is 2.41. The van der Waals surface area contributed by atoms with Crippen LogP contribution in [0.15, 0.2) is 36.4 Å². The summed E-state index contributed by atoms with van der Waals surface area (Å²) in [5.41, 5.74) is 0.167. The molecule has 0 fully saturated rings. The summed E-state index contributed by atoms with van der Waals surface area (Å²) in [6.07, 6.45) is -5.33. The maximum absolute atomic E-state index is 12.1. The van der Waals surface area contributed by atoms with Crippen LogP contribution in [0.25, 0.3) is 10.8 Å². The predicted molar refractivity (Wildman–Crippen MR) is 74.6 cm³/mol. The summed E-state index contributed by atoms with van der Waals surface area (Å²) in [6.45, 7) is -0.141. The summed E-state index contributed by atoms with van der Waals surface area (Å²) in [7, 11) is -1.76. The minimum Gasteiger partial charge on any atom is -0.494 e. The van der Waals surface area contributed by atoms with Crippen molar-refractivity contribution in [3.05, 3.63) is 36.4 Å². The fourth-order valence-electron chi connectivity index (χ4n) is 2.12. The van der Waals surface area contributed by atoms with Crippen LogP contribution in [0.2, 0.25) is 0 Å². The molecule has 0 saturated heterocycles. The van der Waals surface area contributed by atoms with Gasteiger partial charge in [-0.1, -0.05) is 30.3 Å². The van der Waals surface area contributed by atoms with E-state index in [1.54, 1.807) is 30.3 Å². The number of fused-ring (bicyclic) bond motifs is 1. The van der Waals surface area contributed by atoms with Gasteiger partial charge in [-0.25, -0.2) is 0 Å². The van der Waals surface area contributed by atoms with Crippen molar-refractivity contribution in [3.63, 3.8) is 0 Å². The lowest BCUT2D eigenvalue weighted by Gasteiger charge is -2.14. The van der Waals surface area contributed by atoms with Crippen molar-refractivity contribution < 1.29 is 28.0 Å². The van der Waals surface area contributed by atoms with E-state index in [1.807, 2.05) is 0 Å². The Balaban J connectivity index is 2.17. The van der Waals surface area contributed by atoms with Crippen molar-refractivity contribution in [3.8, 4) is 5.75 Å². The Morgan fingerprint density at radius 1 is 1.05 bits per heavy atom. The quantitative estimate of drug-likeness (QED) is 0.657. The third-order valence-corrected chi connectivity index (χ3v) is 3.05. The van der Waals surface area contributed by atoms with Crippen LogP contribution in [-0.4, -0.2) is 29.9 Å². The molecule has 0 aliphatic carbocycles. The average molecular weight is 298 g/mol. The second-order valence-corrected chi connectivity index (χ2v) is 4.64. The minimum absolute atomic E-state index is 0.141. The van der Waals surface area contributed by atoms with Crippen molar-refractivity contribution in [2.24, 2.45) is 0 Å². The Kier molecular flexibility index (Phi) is 4.75. The Morgan fingerprint density at radius 2 is 1.76 bits per heavy atom. The molecular formula is C14H14BF3O3. The minimum atomic E-state index is -4.22. The summed E-state index contributed by atoms with van der Waals surface area (Å²) in [5.74, 6) is 0.186. The van der Waals surface area contributed by atoms with Crippen molar-refractivity contribution in [1.82, 2.24) is 0 Å². The molecule has 2 N–H and O–H groups in total. The summed E-state index contributed by atoms with van der Waals surface area (Å²) in [5, 5.41) is 20.4. The lowest BCUT2D eigenvalue weighted by atomic mass is 9.76. The molecule has 0 saturated carbocycles. The molecule has 0 atom stereocenters. The van der Waals surface area contributed by atoms with Gasteiger partial charge in [0.05, 0.1) is 6.61 Å². The van der Waals surface area contributed by atoms with Gasteiger partial charge in [0.2, 0.25) is 0 Å². The van der Waals surface area contributed by atoms with Crippen LogP contribution in [0.4, 0.5) is 13.2 Å². The molecule has 0 bridgehead atoms. The van der Waals surface area contributed by atoms with Crippen LogP contribution in [0.3, 0.4) is 0 Å². The standard InChI is InChI=1S/C14H14BF3O3/c16-14(17,18)8-3-9-21-12-7-6-10-4-1-2-5-11(10)13(12)15(19)20/h1-2,4-7,19-20H,3,8-9H2. The zero-order valence-corrected chi connectivity index (χ0v) is 11.1. The van der Waals surface area contributed by atoms with E-state index in [4.69, 9.17) is 4.74 Å². The van der Waals surface area contributed by atoms with E-state index in [9.17, 15) is 23.2 Å². The van der Waals surface area contributed by atoms with E-state index in [-0.39, 0.29) is 24.2 Å². The third-order valence-electron chi connectivity index (χ3n) is 3.05. The highest BCUT2D eigenvalue weighted by atomic mass is 19.4. The number of halogens is 3. The van der Waals surface area contributed by atoms with E-state index >= 15 is 0 Å². The topological polar surface area (TPSA) is 49.7 Å². The monoisotopic (exact) mass is 298 g/mol. The number of ether oxygens (including phenoxy) is 1. The van der Waals surface area contributed by atoms with Gasteiger partial charge in [0.25, 0.3) is 0 Å². The van der Waals surface area contributed by atoms with Gasteiger partial charge in [0.1, 0.15) is 5.75 Å². The zero-order valence-electron chi connectivity index (χ0n) is 11.1. The summed E-state index contributed by atoms with van der Waals surface area (Å²) in [6, 6.07) is 10.3. The van der Waals surface area contributed by atoms with Crippen molar-refractivity contribution in [1.29, 1.82) is 0 Å². The Labute approximate surface area is 120 Å². The molecule has 0 aromatic heterocycles. The molecule has 0 aliphatic rings. The molecule has 2 rings (SSSR count). The van der Waals surface area contributed by atoms with E-state index in [0.29, 0.717) is 5.39 Å². The molecule has 0 heterocycles. The highest BCUT2D eigenvalue weighted by Crippen LogP contribution is 2.22. The first kappa shape index (κ1) is 15.7. The summed E-state index contributed by atoms with van der Waals surface area (Å²) in [4.78, 5) is 0. The van der Waals surface area contributed by atoms with Gasteiger partial charge >= 0.3 is 13.3 Å². The molecule has 0 unspecified atom stereocenters. The van der Waals surface area contributed by atoms with E-state index in [0.717, 1.165) is 5.39 Å². The highest BCUT2D eigenvalue weighted by Gasteiger charge is 2.26. The van der Waals surface area contributed by atoms with Crippen LogP contribution in [-0.2, 0) is 0 Å². The molecular weight excluding hydrogens is 284 g/mol. The Morgan fingerprint density at radius 3 is 2.43 bits per heavy atom. The maximum atomic E-state index is 12.1. The molecule has 0 amide bonds. The van der Waals surface area contributed by atoms with Crippen LogP contribution >= 0.6 is 0 Å². The van der Waals surface area contributed by atoms with Crippen LogP contribution in [0.5, 0.6) is 5.75 Å². The van der Waals surface area contributed by atoms with Gasteiger partial charge in [-0.2, -0.15) is 13.2 Å². The summed E-state index contributed by atoms with van der Waals surface area (Å²) >= 11 is 0. The normalized spacial score (nSPS) is 11.7. The van der Waals surface area contributed by atoms with E-state index in [2.05, 4.69) is 0 Å². The maximum Gasteiger partial charge on any atom is 0.492 e. The molecule has 21 heavy (non-hydrogen) atoms. The van der Waals surface area contributed by atoms with E-state index in [1.165, 1.54) is 6.07 Å². The molecule has 112 valence electrons. The van der Waals surface area contributed by atoms with Crippen LogP contribution < -0.4 is 10.2 Å². The van der Waals surface area contributed by atoms with Crippen molar-refractivity contribution in [2.45, 2.75) is 19.0 Å². The van der Waals surface area contributed by atoms with Crippen LogP contribution in [0, 0.1) is 0 Å². The molecule has 0 radical (unpaired) electrons.